The lowest BCUT2D eigenvalue weighted by Crippen LogP contribution is -2.06. The number of rotatable bonds is 2. The fraction of sp³-hybridized carbons (Fsp3) is 0. The van der Waals surface area contributed by atoms with Gasteiger partial charge in [0.2, 0.25) is 0 Å². The molecule has 0 aliphatic heterocycles. The molecule has 76 valence electrons. The number of carboxylic acid groups (broad SMARTS) is 1. The Morgan fingerprint density at radius 3 is 3.00 bits per heavy atom. The second kappa shape index (κ2) is 3.66. The molecular weight excluding hydrogens is 216 g/mol. The van der Waals surface area contributed by atoms with Gasteiger partial charge < -0.3 is 5.11 Å². The van der Waals surface area contributed by atoms with Gasteiger partial charge in [0, 0.05) is 5.56 Å². The molecule has 5 nitrogen and oxygen atoms in total. The predicted octanol–water partition coefficient (Wildman–Crippen LogP) is 2.20. The predicted molar refractivity (Wildman–Crippen MR) is 56.7 cm³/mol. The van der Waals surface area contributed by atoms with Crippen molar-refractivity contribution in [3.8, 4) is 0 Å². The van der Waals surface area contributed by atoms with Gasteiger partial charge in [-0.3, -0.25) is 10.1 Å². The monoisotopic (exact) mass is 222 g/mol. The van der Waals surface area contributed by atoms with E-state index < -0.39 is 6.09 Å². The molecule has 0 fully saturated rings. The number of amides is 1. The van der Waals surface area contributed by atoms with Crippen molar-refractivity contribution in [3.05, 3.63) is 23.8 Å². The minimum absolute atomic E-state index is 0.270. The van der Waals surface area contributed by atoms with Crippen LogP contribution in [0.4, 0.5) is 9.93 Å². The second-order valence-corrected chi connectivity index (χ2v) is 3.79. The van der Waals surface area contributed by atoms with Crippen molar-refractivity contribution in [1.82, 2.24) is 4.98 Å². The molecule has 6 heteroatoms. The van der Waals surface area contributed by atoms with Gasteiger partial charge in [-0.2, -0.15) is 0 Å². The summed E-state index contributed by atoms with van der Waals surface area (Å²) in [5.41, 5.74) is 0.989. The van der Waals surface area contributed by atoms with Crippen molar-refractivity contribution in [2.24, 2.45) is 0 Å². The molecule has 0 saturated carbocycles. The van der Waals surface area contributed by atoms with Gasteiger partial charge in [-0.25, -0.2) is 9.78 Å². The highest BCUT2D eigenvalue weighted by Crippen LogP contribution is 2.27. The summed E-state index contributed by atoms with van der Waals surface area (Å²) < 4.78 is 0.781. The summed E-state index contributed by atoms with van der Waals surface area (Å²) in [6, 6.07) is 5.15. The Morgan fingerprint density at radius 1 is 1.53 bits per heavy atom. The Hall–Kier alpha value is -1.95. The summed E-state index contributed by atoms with van der Waals surface area (Å²) in [5, 5.41) is 10.9. The third-order valence-electron chi connectivity index (χ3n) is 1.79. The highest BCUT2D eigenvalue weighted by Gasteiger charge is 2.08. The van der Waals surface area contributed by atoms with Crippen LogP contribution >= 0.6 is 11.3 Å². The van der Waals surface area contributed by atoms with E-state index in [9.17, 15) is 9.59 Å². The number of nitrogens with one attached hydrogen (secondary N) is 1. The second-order valence-electron chi connectivity index (χ2n) is 2.76. The van der Waals surface area contributed by atoms with E-state index in [1.807, 2.05) is 0 Å². The fourth-order valence-corrected chi connectivity index (χ4v) is 2.10. The van der Waals surface area contributed by atoms with Gasteiger partial charge in [0.15, 0.2) is 11.4 Å². The van der Waals surface area contributed by atoms with Crippen LogP contribution in [-0.4, -0.2) is 22.5 Å². The Balaban J connectivity index is 2.54. The number of nitrogens with zero attached hydrogens (tertiary/aromatic N) is 1. The molecule has 2 rings (SSSR count). The van der Waals surface area contributed by atoms with Crippen LogP contribution in [0.2, 0.25) is 0 Å². The van der Waals surface area contributed by atoms with Crippen LogP contribution in [0.25, 0.3) is 10.2 Å². The summed E-state index contributed by atoms with van der Waals surface area (Å²) in [6.45, 7) is 0. The van der Waals surface area contributed by atoms with Crippen molar-refractivity contribution >= 4 is 39.1 Å². The first kappa shape index (κ1) is 9.60. The van der Waals surface area contributed by atoms with Gasteiger partial charge in [-0.15, -0.1) is 0 Å². The third kappa shape index (κ3) is 1.79. The first-order chi connectivity index (χ1) is 7.20. The Bertz CT molecular complexity index is 535. The van der Waals surface area contributed by atoms with Crippen LogP contribution in [0, 0.1) is 0 Å². The van der Waals surface area contributed by atoms with Crippen molar-refractivity contribution in [2.45, 2.75) is 0 Å². The minimum atomic E-state index is -1.17. The summed E-state index contributed by atoms with van der Waals surface area (Å²) in [4.78, 5) is 25.1. The molecule has 2 aromatic rings. The largest absolute Gasteiger partial charge is 0.465 e. The van der Waals surface area contributed by atoms with E-state index in [2.05, 4.69) is 10.3 Å². The van der Waals surface area contributed by atoms with Gasteiger partial charge >= 0.3 is 6.09 Å². The molecule has 1 aromatic heterocycles. The summed E-state index contributed by atoms with van der Waals surface area (Å²) >= 11 is 1.19. The number of aromatic nitrogens is 1. The number of hydrogen-bond acceptors (Lipinski definition) is 4. The maximum absolute atomic E-state index is 10.7. The van der Waals surface area contributed by atoms with E-state index in [-0.39, 0.29) is 5.13 Å². The molecule has 0 unspecified atom stereocenters. The highest BCUT2D eigenvalue weighted by atomic mass is 32.1. The van der Waals surface area contributed by atoms with Gasteiger partial charge in [-0.05, 0) is 12.1 Å². The first-order valence-electron chi connectivity index (χ1n) is 4.05. The molecule has 0 bridgehead atoms. The lowest BCUT2D eigenvalue weighted by Gasteiger charge is -1.90. The Labute approximate surface area is 88.4 Å². The number of hydrogen-bond donors (Lipinski definition) is 2. The van der Waals surface area contributed by atoms with Crippen molar-refractivity contribution in [1.29, 1.82) is 0 Å². The molecule has 0 aliphatic carbocycles. The van der Waals surface area contributed by atoms with Crippen LogP contribution in [0.5, 0.6) is 0 Å². The summed E-state index contributed by atoms with van der Waals surface area (Å²) in [7, 11) is 0. The Morgan fingerprint density at radius 2 is 2.33 bits per heavy atom. The average molecular weight is 222 g/mol. The van der Waals surface area contributed by atoms with E-state index in [1.54, 1.807) is 18.2 Å². The molecule has 1 amide bonds. The maximum Gasteiger partial charge on any atom is 0.410 e. The number of fused-ring (bicyclic) bond motifs is 1. The quantitative estimate of drug-likeness (QED) is 0.763. The number of anilines is 1. The van der Waals surface area contributed by atoms with Crippen LogP contribution < -0.4 is 5.32 Å². The molecule has 15 heavy (non-hydrogen) atoms. The third-order valence-corrected chi connectivity index (χ3v) is 2.73. The topological polar surface area (TPSA) is 79.3 Å². The van der Waals surface area contributed by atoms with Gasteiger partial charge in [0.1, 0.15) is 0 Å². The minimum Gasteiger partial charge on any atom is -0.465 e. The maximum atomic E-state index is 10.7. The van der Waals surface area contributed by atoms with E-state index in [0.29, 0.717) is 17.4 Å². The SMILES string of the molecule is O=Cc1cccc2sc(NC(=O)O)nc12. The molecule has 0 saturated heterocycles. The van der Waals surface area contributed by atoms with Crippen LogP contribution in [0.15, 0.2) is 18.2 Å². The normalized spacial score (nSPS) is 10.1. The molecule has 2 N–H and O–H groups in total. The Kier molecular flexibility index (Phi) is 2.34. The van der Waals surface area contributed by atoms with E-state index in [0.717, 1.165) is 4.70 Å². The lowest BCUT2D eigenvalue weighted by molar-refractivity contribution is 0.112. The number of thiazole rings is 1. The molecular formula is C9H6N2O3S. The lowest BCUT2D eigenvalue weighted by atomic mass is 10.2. The summed E-state index contributed by atoms with van der Waals surface area (Å²) in [5.74, 6) is 0. The van der Waals surface area contributed by atoms with Crippen molar-refractivity contribution < 1.29 is 14.7 Å². The molecule has 1 heterocycles. The number of carbonyl (C=O) groups is 2. The molecule has 0 spiro atoms. The molecule has 0 aliphatic rings. The van der Waals surface area contributed by atoms with Crippen LogP contribution in [0.3, 0.4) is 0 Å². The molecule has 0 atom stereocenters. The number of benzene rings is 1. The molecule has 1 aromatic carbocycles. The van der Waals surface area contributed by atoms with Crippen LogP contribution in [0.1, 0.15) is 10.4 Å². The van der Waals surface area contributed by atoms with E-state index in [4.69, 9.17) is 5.11 Å². The standard InChI is InChI=1S/C9H6N2O3S/c12-4-5-2-1-3-6-7(5)10-8(15-6)11-9(13)14/h1-4H,(H,10,11)(H,13,14). The zero-order valence-electron chi connectivity index (χ0n) is 7.43. The van der Waals surface area contributed by atoms with Gasteiger partial charge in [0.25, 0.3) is 0 Å². The smallest absolute Gasteiger partial charge is 0.410 e. The van der Waals surface area contributed by atoms with Gasteiger partial charge in [-0.1, -0.05) is 17.4 Å². The van der Waals surface area contributed by atoms with Crippen molar-refractivity contribution in [3.63, 3.8) is 0 Å². The zero-order chi connectivity index (χ0) is 10.8. The zero-order valence-corrected chi connectivity index (χ0v) is 8.25. The van der Waals surface area contributed by atoms with Crippen LogP contribution in [-0.2, 0) is 0 Å². The number of aldehydes is 1. The number of para-hydroxylation sites is 1. The first-order valence-corrected chi connectivity index (χ1v) is 4.87. The van der Waals surface area contributed by atoms with E-state index in [1.165, 1.54) is 11.3 Å². The van der Waals surface area contributed by atoms with E-state index >= 15 is 0 Å². The molecule has 0 radical (unpaired) electrons. The average Bonchev–Trinajstić information content (AvgIpc) is 2.58. The summed E-state index contributed by atoms with van der Waals surface area (Å²) in [6.07, 6.45) is -0.464. The number of carbonyl (C=O) groups excluding carboxylic acids is 1. The van der Waals surface area contributed by atoms with Crippen molar-refractivity contribution in [2.75, 3.05) is 5.32 Å². The van der Waals surface area contributed by atoms with Gasteiger partial charge in [0.05, 0.1) is 10.2 Å². The fourth-order valence-electron chi connectivity index (χ4n) is 1.21. The highest BCUT2D eigenvalue weighted by molar-refractivity contribution is 7.22.